The largest absolute Gasteiger partial charge is 0.325 e. The third kappa shape index (κ3) is 1.97. The van der Waals surface area contributed by atoms with E-state index in [9.17, 15) is 4.79 Å². The highest BCUT2D eigenvalue weighted by atomic mass is 16.2. The molecule has 1 saturated heterocycles. The Bertz CT molecular complexity index is 418. The highest BCUT2D eigenvalue weighted by Crippen LogP contribution is 2.15. The van der Waals surface area contributed by atoms with Crippen molar-refractivity contribution < 1.29 is 4.79 Å². The van der Waals surface area contributed by atoms with Crippen LogP contribution in [-0.4, -0.2) is 19.0 Å². The van der Waals surface area contributed by atoms with Crippen molar-refractivity contribution in [1.82, 2.24) is 5.32 Å². The van der Waals surface area contributed by atoms with E-state index >= 15 is 0 Å². The standard InChI is InChI=1S/C11H11N3O/c12-5-8-3-1-2-4-10(8)14-11(15)9-6-13-7-9/h1-4,9,13H,6-7H2,(H,14,15). The summed E-state index contributed by atoms with van der Waals surface area (Å²) in [6.07, 6.45) is 0. The van der Waals surface area contributed by atoms with Crippen molar-refractivity contribution in [1.29, 1.82) is 5.26 Å². The summed E-state index contributed by atoms with van der Waals surface area (Å²) in [7, 11) is 0. The number of carbonyl (C=O) groups excluding carboxylic acids is 1. The van der Waals surface area contributed by atoms with Crippen molar-refractivity contribution in [3.63, 3.8) is 0 Å². The number of benzene rings is 1. The van der Waals surface area contributed by atoms with Gasteiger partial charge >= 0.3 is 0 Å². The molecule has 1 aliphatic heterocycles. The molecule has 1 amide bonds. The molecular weight excluding hydrogens is 190 g/mol. The second-order valence-corrected chi connectivity index (χ2v) is 3.50. The zero-order valence-corrected chi connectivity index (χ0v) is 8.16. The van der Waals surface area contributed by atoms with E-state index in [4.69, 9.17) is 5.26 Å². The van der Waals surface area contributed by atoms with Crippen molar-refractivity contribution in [2.24, 2.45) is 5.92 Å². The number of nitrogens with zero attached hydrogens (tertiary/aromatic N) is 1. The van der Waals surface area contributed by atoms with Crippen molar-refractivity contribution in [2.45, 2.75) is 0 Å². The number of rotatable bonds is 2. The Balaban J connectivity index is 2.10. The topological polar surface area (TPSA) is 64.9 Å². The molecule has 0 aromatic heterocycles. The third-order valence-corrected chi connectivity index (χ3v) is 2.46. The van der Waals surface area contributed by atoms with E-state index in [2.05, 4.69) is 10.6 Å². The number of hydrogen-bond acceptors (Lipinski definition) is 3. The molecule has 1 heterocycles. The van der Waals surface area contributed by atoms with Gasteiger partial charge in [0.05, 0.1) is 17.2 Å². The van der Waals surface area contributed by atoms with Crippen molar-refractivity contribution in [3.8, 4) is 6.07 Å². The summed E-state index contributed by atoms with van der Waals surface area (Å²) >= 11 is 0. The van der Waals surface area contributed by atoms with Crippen LogP contribution in [0.4, 0.5) is 5.69 Å². The van der Waals surface area contributed by atoms with Gasteiger partial charge in [-0.1, -0.05) is 12.1 Å². The van der Waals surface area contributed by atoms with E-state index in [0.29, 0.717) is 11.3 Å². The van der Waals surface area contributed by atoms with Gasteiger partial charge in [-0.2, -0.15) is 5.26 Å². The van der Waals surface area contributed by atoms with Crippen LogP contribution < -0.4 is 10.6 Å². The third-order valence-electron chi connectivity index (χ3n) is 2.46. The first kappa shape index (κ1) is 9.69. The van der Waals surface area contributed by atoms with Gasteiger partial charge in [-0.3, -0.25) is 4.79 Å². The number of nitriles is 1. The molecule has 0 radical (unpaired) electrons. The minimum absolute atomic E-state index is 0.0172. The number of anilines is 1. The Morgan fingerprint density at radius 2 is 2.20 bits per heavy atom. The Hall–Kier alpha value is -1.86. The van der Waals surface area contributed by atoms with Gasteiger partial charge in [-0.25, -0.2) is 0 Å². The Kier molecular flexibility index (Phi) is 2.66. The molecule has 0 saturated carbocycles. The van der Waals surface area contributed by atoms with E-state index < -0.39 is 0 Å². The maximum atomic E-state index is 11.6. The molecular formula is C11H11N3O. The fraction of sp³-hybridized carbons (Fsp3) is 0.273. The molecule has 1 aliphatic rings. The van der Waals surface area contributed by atoms with Gasteiger partial charge in [0.2, 0.25) is 5.91 Å². The van der Waals surface area contributed by atoms with Crippen LogP contribution >= 0.6 is 0 Å². The number of para-hydroxylation sites is 1. The van der Waals surface area contributed by atoms with Crippen LogP contribution in [0.25, 0.3) is 0 Å². The molecule has 15 heavy (non-hydrogen) atoms. The van der Waals surface area contributed by atoms with E-state index in [1.165, 1.54) is 0 Å². The van der Waals surface area contributed by atoms with Crippen LogP contribution in [0.3, 0.4) is 0 Å². The maximum Gasteiger partial charge on any atom is 0.230 e. The average Bonchev–Trinajstić information content (AvgIpc) is 2.15. The predicted molar refractivity (Wildman–Crippen MR) is 56.1 cm³/mol. The average molecular weight is 201 g/mol. The number of hydrogen-bond donors (Lipinski definition) is 2. The van der Waals surface area contributed by atoms with Crippen molar-refractivity contribution in [3.05, 3.63) is 29.8 Å². The van der Waals surface area contributed by atoms with E-state index in [1.807, 2.05) is 6.07 Å². The summed E-state index contributed by atoms with van der Waals surface area (Å²) in [4.78, 5) is 11.6. The van der Waals surface area contributed by atoms with E-state index in [0.717, 1.165) is 13.1 Å². The lowest BCUT2D eigenvalue weighted by Gasteiger charge is -2.25. The zero-order valence-electron chi connectivity index (χ0n) is 8.16. The molecule has 1 aromatic carbocycles. The van der Waals surface area contributed by atoms with Gasteiger partial charge in [0.15, 0.2) is 0 Å². The summed E-state index contributed by atoms with van der Waals surface area (Å²) in [6.45, 7) is 1.45. The van der Waals surface area contributed by atoms with Gasteiger partial charge in [0, 0.05) is 13.1 Å². The number of carbonyl (C=O) groups is 1. The maximum absolute atomic E-state index is 11.6. The highest BCUT2D eigenvalue weighted by Gasteiger charge is 2.25. The quantitative estimate of drug-likeness (QED) is 0.740. The summed E-state index contributed by atoms with van der Waals surface area (Å²) in [5, 5.41) is 14.6. The lowest BCUT2D eigenvalue weighted by molar-refractivity contribution is -0.121. The van der Waals surface area contributed by atoms with Crippen LogP contribution in [0, 0.1) is 17.2 Å². The van der Waals surface area contributed by atoms with Crippen LogP contribution in [-0.2, 0) is 4.79 Å². The van der Waals surface area contributed by atoms with Crippen LogP contribution in [0.1, 0.15) is 5.56 Å². The molecule has 0 atom stereocenters. The molecule has 4 heteroatoms. The molecule has 4 nitrogen and oxygen atoms in total. The molecule has 1 fully saturated rings. The highest BCUT2D eigenvalue weighted by molar-refractivity contribution is 5.94. The van der Waals surface area contributed by atoms with Crippen molar-refractivity contribution >= 4 is 11.6 Å². The summed E-state index contributed by atoms with van der Waals surface area (Å²) in [5.74, 6) is 0.0215. The van der Waals surface area contributed by atoms with Gasteiger partial charge in [-0.05, 0) is 12.1 Å². The first-order valence-corrected chi connectivity index (χ1v) is 4.82. The van der Waals surface area contributed by atoms with Gasteiger partial charge in [-0.15, -0.1) is 0 Å². The molecule has 0 bridgehead atoms. The van der Waals surface area contributed by atoms with Gasteiger partial charge < -0.3 is 10.6 Å². The van der Waals surface area contributed by atoms with Crippen molar-refractivity contribution in [2.75, 3.05) is 18.4 Å². The second kappa shape index (κ2) is 4.11. The minimum atomic E-state index is -0.0172. The Labute approximate surface area is 87.9 Å². The fourth-order valence-electron chi connectivity index (χ4n) is 1.40. The predicted octanol–water partition coefficient (Wildman–Crippen LogP) is 0.716. The molecule has 0 spiro atoms. The van der Waals surface area contributed by atoms with E-state index in [1.54, 1.807) is 24.3 Å². The van der Waals surface area contributed by atoms with E-state index in [-0.39, 0.29) is 11.8 Å². The molecule has 0 aliphatic carbocycles. The van der Waals surface area contributed by atoms with Crippen LogP contribution in [0.2, 0.25) is 0 Å². The lowest BCUT2D eigenvalue weighted by Crippen LogP contribution is -2.48. The van der Waals surface area contributed by atoms with Gasteiger partial charge in [0.25, 0.3) is 0 Å². The first-order valence-electron chi connectivity index (χ1n) is 4.82. The monoisotopic (exact) mass is 201 g/mol. The van der Waals surface area contributed by atoms with Crippen LogP contribution in [0.5, 0.6) is 0 Å². The normalized spacial score (nSPS) is 15.1. The second-order valence-electron chi connectivity index (χ2n) is 3.50. The minimum Gasteiger partial charge on any atom is -0.325 e. The number of nitrogens with one attached hydrogen (secondary N) is 2. The molecule has 76 valence electrons. The summed E-state index contributed by atoms with van der Waals surface area (Å²) in [5.41, 5.74) is 1.09. The molecule has 1 aromatic rings. The smallest absolute Gasteiger partial charge is 0.230 e. The fourth-order valence-corrected chi connectivity index (χ4v) is 1.40. The zero-order chi connectivity index (χ0) is 10.7. The SMILES string of the molecule is N#Cc1ccccc1NC(=O)C1CNC1. The first-order chi connectivity index (χ1) is 7.31. The summed E-state index contributed by atoms with van der Waals surface area (Å²) < 4.78 is 0. The number of amides is 1. The van der Waals surface area contributed by atoms with Crippen LogP contribution in [0.15, 0.2) is 24.3 Å². The Morgan fingerprint density at radius 1 is 1.47 bits per heavy atom. The Morgan fingerprint density at radius 3 is 2.80 bits per heavy atom. The molecule has 0 unspecified atom stereocenters. The molecule has 2 rings (SSSR count). The lowest BCUT2D eigenvalue weighted by atomic mass is 10.0. The van der Waals surface area contributed by atoms with Gasteiger partial charge in [0.1, 0.15) is 6.07 Å². The summed E-state index contributed by atoms with van der Waals surface area (Å²) in [6, 6.07) is 9.05. The molecule has 2 N–H and O–H groups in total.